The van der Waals surface area contributed by atoms with Crippen LogP contribution in [0.2, 0.25) is 0 Å². The maximum Gasteiger partial charge on any atom is 0.223 e. The van der Waals surface area contributed by atoms with E-state index in [0.717, 1.165) is 50.7 Å². The Bertz CT molecular complexity index is 505. The molecule has 0 radical (unpaired) electrons. The Morgan fingerprint density at radius 1 is 1.14 bits per heavy atom. The topological polar surface area (TPSA) is 32.3 Å². The van der Waals surface area contributed by atoms with Gasteiger partial charge in [-0.3, -0.25) is 9.69 Å². The number of benzene rings is 1. The van der Waals surface area contributed by atoms with E-state index in [4.69, 9.17) is 0 Å². The molecular formula is C18H24N2O. The molecule has 1 aromatic rings. The lowest BCUT2D eigenvalue weighted by Gasteiger charge is -2.19. The highest BCUT2D eigenvalue weighted by Crippen LogP contribution is 2.54. The van der Waals surface area contributed by atoms with Gasteiger partial charge in [-0.25, -0.2) is 0 Å². The molecule has 1 saturated heterocycles. The summed E-state index contributed by atoms with van der Waals surface area (Å²) in [6, 6.07) is 11.0. The molecule has 112 valence electrons. The Morgan fingerprint density at radius 2 is 1.90 bits per heavy atom. The second-order valence-corrected chi connectivity index (χ2v) is 7.14. The maximum atomic E-state index is 12.3. The highest BCUT2D eigenvalue weighted by molar-refractivity contribution is 5.79. The predicted molar refractivity (Wildman–Crippen MR) is 82.6 cm³/mol. The summed E-state index contributed by atoms with van der Waals surface area (Å²) in [6.45, 7) is 3.09. The summed E-state index contributed by atoms with van der Waals surface area (Å²) in [4.78, 5) is 14.8. The highest BCUT2D eigenvalue weighted by atomic mass is 16.2. The van der Waals surface area contributed by atoms with Gasteiger partial charge in [0.1, 0.15) is 0 Å². The lowest BCUT2D eigenvalue weighted by Crippen LogP contribution is -2.40. The first-order chi connectivity index (χ1) is 10.3. The maximum absolute atomic E-state index is 12.3. The van der Waals surface area contributed by atoms with Crippen LogP contribution in [0.25, 0.3) is 0 Å². The Kier molecular flexibility index (Phi) is 3.46. The molecule has 1 aromatic carbocycles. The monoisotopic (exact) mass is 284 g/mol. The molecule has 2 aliphatic carbocycles. The second kappa shape index (κ2) is 5.45. The van der Waals surface area contributed by atoms with E-state index in [9.17, 15) is 4.79 Å². The van der Waals surface area contributed by atoms with Crippen LogP contribution < -0.4 is 5.32 Å². The number of rotatable bonds is 4. The number of hydrogen-bond acceptors (Lipinski definition) is 2. The average molecular weight is 284 g/mol. The summed E-state index contributed by atoms with van der Waals surface area (Å²) in [7, 11) is 0. The molecule has 0 bridgehead atoms. The Labute approximate surface area is 126 Å². The third-order valence-electron chi connectivity index (χ3n) is 5.48. The minimum atomic E-state index is 0.317. The van der Waals surface area contributed by atoms with E-state index in [1.807, 2.05) is 0 Å². The summed E-state index contributed by atoms with van der Waals surface area (Å²) in [5.74, 6) is 2.42. The molecule has 3 fully saturated rings. The SMILES string of the molecule is O=C(NC1CCN(Cc2ccccc2)C1)C1CC2CC2C1. The summed E-state index contributed by atoms with van der Waals surface area (Å²) >= 11 is 0. The third-order valence-corrected chi connectivity index (χ3v) is 5.48. The van der Waals surface area contributed by atoms with Gasteiger partial charge in [0, 0.05) is 31.6 Å². The van der Waals surface area contributed by atoms with Gasteiger partial charge in [-0.2, -0.15) is 0 Å². The summed E-state index contributed by atoms with van der Waals surface area (Å²) in [6.07, 6.45) is 4.78. The minimum Gasteiger partial charge on any atom is -0.352 e. The van der Waals surface area contributed by atoms with E-state index in [0.29, 0.717) is 17.9 Å². The van der Waals surface area contributed by atoms with Crippen molar-refractivity contribution in [2.75, 3.05) is 13.1 Å². The molecule has 3 atom stereocenters. The first kappa shape index (κ1) is 13.3. The first-order valence-corrected chi connectivity index (χ1v) is 8.34. The fraction of sp³-hybridized carbons (Fsp3) is 0.611. The van der Waals surface area contributed by atoms with Gasteiger partial charge in [-0.15, -0.1) is 0 Å². The zero-order chi connectivity index (χ0) is 14.2. The van der Waals surface area contributed by atoms with E-state index in [1.54, 1.807) is 0 Å². The van der Waals surface area contributed by atoms with Crippen LogP contribution in [0.15, 0.2) is 30.3 Å². The molecule has 1 N–H and O–H groups in total. The zero-order valence-electron chi connectivity index (χ0n) is 12.5. The molecule has 21 heavy (non-hydrogen) atoms. The molecule has 3 heteroatoms. The van der Waals surface area contributed by atoms with Crippen LogP contribution in [-0.4, -0.2) is 29.9 Å². The van der Waals surface area contributed by atoms with Crippen molar-refractivity contribution in [3.8, 4) is 0 Å². The second-order valence-electron chi connectivity index (χ2n) is 7.14. The quantitative estimate of drug-likeness (QED) is 0.921. The van der Waals surface area contributed by atoms with Crippen molar-refractivity contribution in [3.63, 3.8) is 0 Å². The van der Waals surface area contributed by atoms with Gasteiger partial charge in [0.15, 0.2) is 0 Å². The smallest absolute Gasteiger partial charge is 0.223 e. The number of nitrogens with zero attached hydrogens (tertiary/aromatic N) is 1. The van der Waals surface area contributed by atoms with Crippen LogP contribution in [0.5, 0.6) is 0 Å². The van der Waals surface area contributed by atoms with Crippen molar-refractivity contribution in [1.82, 2.24) is 10.2 Å². The average Bonchev–Trinajstić information content (AvgIpc) is 2.90. The lowest BCUT2D eigenvalue weighted by molar-refractivity contribution is -0.125. The van der Waals surface area contributed by atoms with Crippen molar-refractivity contribution in [1.29, 1.82) is 0 Å². The van der Waals surface area contributed by atoms with Crippen LogP contribution in [0.3, 0.4) is 0 Å². The predicted octanol–water partition coefficient (Wildman–Crippen LogP) is 2.42. The zero-order valence-corrected chi connectivity index (χ0v) is 12.5. The van der Waals surface area contributed by atoms with Crippen LogP contribution in [-0.2, 0) is 11.3 Å². The molecule has 3 unspecified atom stereocenters. The first-order valence-electron chi connectivity index (χ1n) is 8.34. The van der Waals surface area contributed by atoms with Gasteiger partial charge in [0.2, 0.25) is 5.91 Å². The van der Waals surface area contributed by atoms with Gasteiger partial charge >= 0.3 is 0 Å². The number of carbonyl (C=O) groups excluding carboxylic acids is 1. The van der Waals surface area contributed by atoms with Gasteiger partial charge in [-0.1, -0.05) is 30.3 Å². The number of fused-ring (bicyclic) bond motifs is 1. The number of hydrogen-bond donors (Lipinski definition) is 1. The molecule has 1 aliphatic heterocycles. The molecule has 2 saturated carbocycles. The fourth-order valence-corrected chi connectivity index (χ4v) is 4.18. The van der Waals surface area contributed by atoms with Crippen LogP contribution in [0, 0.1) is 17.8 Å². The minimum absolute atomic E-state index is 0.317. The standard InChI is InChI=1S/C18H24N2O/c21-18(16-9-14-8-15(14)10-16)19-17-6-7-20(12-17)11-13-4-2-1-3-5-13/h1-5,14-17H,6-12H2,(H,19,21). The normalized spacial score (nSPS) is 34.7. The van der Waals surface area contributed by atoms with Crippen LogP contribution in [0.4, 0.5) is 0 Å². The van der Waals surface area contributed by atoms with Gasteiger partial charge in [0.05, 0.1) is 0 Å². The molecule has 3 aliphatic rings. The summed E-state index contributed by atoms with van der Waals surface area (Å²) in [5.41, 5.74) is 1.36. The number of amides is 1. The summed E-state index contributed by atoms with van der Waals surface area (Å²) in [5, 5.41) is 3.30. The van der Waals surface area contributed by atoms with Gasteiger partial charge in [-0.05, 0) is 43.1 Å². The van der Waals surface area contributed by atoms with E-state index in [-0.39, 0.29) is 0 Å². The molecule has 0 aromatic heterocycles. The number of nitrogens with one attached hydrogen (secondary N) is 1. The van der Waals surface area contributed by atoms with Crippen molar-refractivity contribution in [2.45, 2.75) is 38.3 Å². The van der Waals surface area contributed by atoms with Crippen molar-refractivity contribution < 1.29 is 4.79 Å². The van der Waals surface area contributed by atoms with Gasteiger partial charge < -0.3 is 5.32 Å². The third kappa shape index (κ3) is 2.98. The van der Waals surface area contributed by atoms with Crippen LogP contribution in [0.1, 0.15) is 31.2 Å². The van der Waals surface area contributed by atoms with Gasteiger partial charge in [0.25, 0.3) is 0 Å². The van der Waals surface area contributed by atoms with E-state index < -0.39 is 0 Å². The fourth-order valence-electron chi connectivity index (χ4n) is 4.18. The molecule has 1 amide bonds. The van der Waals surface area contributed by atoms with E-state index in [2.05, 4.69) is 40.5 Å². The van der Waals surface area contributed by atoms with E-state index >= 15 is 0 Å². The van der Waals surface area contributed by atoms with Crippen molar-refractivity contribution in [3.05, 3.63) is 35.9 Å². The van der Waals surface area contributed by atoms with Crippen molar-refractivity contribution in [2.24, 2.45) is 17.8 Å². The lowest BCUT2D eigenvalue weighted by atomic mass is 10.0. The Morgan fingerprint density at radius 3 is 2.67 bits per heavy atom. The molecule has 1 heterocycles. The molecule has 0 spiro atoms. The molecule has 3 nitrogen and oxygen atoms in total. The highest BCUT2D eigenvalue weighted by Gasteiger charge is 2.48. The largest absolute Gasteiger partial charge is 0.352 e. The summed E-state index contributed by atoms with van der Waals surface area (Å²) < 4.78 is 0. The number of likely N-dealkylation sites (tertiary alicyclic amines) is 1. The Hall–Kier alpha value is -1.35. The van der Waals surface area contributed by atoms with Crippen molar-refractivity contribution >= 4 is 5.91 Å². The molecular weight excluding hydrogens is 260 g/mol. The Balaban J connectivity index is 1.25. The van der Waals surface area contributed by atoms with Crippen LogP contribution >= 0.6 is 0 Å². The number of carbonyl (C=O) groups is 1. The van der Waals surface area contributed by atoms with E-state index in [1.165, 1.54) is 12.0 Å². The molecule has 4 rings (SSSR count).